The number of nitrogens with two attached hydrogens (primary N) is 1. The minimum atomic E-state index is 0.461. The summed E-state index contributed by atoms with van der Waals surface area (Å²) in [6.45, 7) is 4.14. The number of aryl methyl sites for hydroxylation is 2. The lowest BCUT2D eigenvalue weighted by molar-refractivity contribution is 0.391. The molecule has 0 saturated heterocycles. The topological polar surface area (TPSA) is 95.7 Å². The maximum Gasteiger partial charge on any atom is 0.237 e. The van der Waals surface area contributed by atoms with E-state index < -0.39 is 0 Å². The molecular weight excluding hydrogens is 372 g/mol. The van der Waals surface area contributed by atoms with Crippen LogP contribution >= 0.6 is 11.8 Å². The summed E-state index contributed by atoms with van der Waals surface area (Å²) in [6, 6.07) is 16.1. The smallest absolute Gasteiger partial charge is 0.237 e. The molecule has 0 saturated carbocycles. The molecule has 2 heterocycles. The first-order valence-corrected chi connectivity index (χ1v) is 9.95. The molecule has 0 fully saturated rings. The molecule has 0 aliphatic carbocycles. The molecule has 0 aliphatic heterocycles. The molecule has 0 aliphatic rings. The predicted molar refractivity (Wildman–Crippen MR) is 109 cm³/mol. The Morgan fingerprint density at radius 1 is 1.07 bits per heavy atom. The molecule has 28 heavy (non-hydrogen) atoms. The summed E-state index contributed by atoms with van der Waals surface area (Å²) in [4.78, 5) is 4.46. The van der Waals surface area contributed by atoms with E-state index in [4.69, 9.17) is 10.4 Å². The predicted octanol–water partition coefficient (Wildman–Crippen LogP) is 3.87. The van der Waals surface area contributed by atoms with Crippen molar-refractivity contribution in [2.24, 2.45) is 0 Å². The number of rotatable bonds is 6. The molecule has 4 rings (SSSR count). The Morgan fingerprint density at radius 3 is 2.61 bits per heavy atom. The first-order valence-electron chi connectivity index (χ1n) is 8.97. The number of thioether (sulfide) groups is 1. The van der Waals surface area contributed by atoms with Crippen molar-refractivity contribution in [1.82, 2.24) is 25.0 Å². The largest absolute Gasteiger partial charge is 0.338 e. The number of benzene rings is 2. The maximum absolute atomic E-state index is 6.20. The van der Waals surface area contributed by atoms with Crippen LogP contribution in [-0.4, -0.2) is 25.0 Å². The van der Waals surface area contributed by atoms with Gasteiger partial charge in [-0.1, -0.05) is 72.4 Å². The van der Waals surface area contributed by atoms with E-state index >= 15 is 0 Å². The van der Waals surface area contributed by atoms with E-state index in [1.54, 1.807) is 0 Å². The second kappa shape index (κ2) is 7.85. The zero-order valence-electron chi connectivity index (χ0n) is 15.7. The van der Waals surface area contributed by atoms with Crippen LogP contribution in [0.1, 0.15) is 23.9 Å². The van der Waals surface area contributed by atoms with Gasteiger partial charge in [0.05, 0.1) is 5.75 Å². The summed E-state index contributed by atoms with van der Waals surface area (Å²) in [7, 11) is 0. The summed E-state index contributed by atoms with van der Waals surface area (Å²) in [5.74, 6) is 8.38. The fourth-order valence-corrected chi connectivity index (χ4v) is 3.52. The molecule has 0 bridgehead atoms. The third kappa shape index (κ3) is 3.63. The Labute approximate surface area is 167 Å². The monoisotopic (exact) mass is 392 g/mol. The molecule has 2 aromatic heterocycles. The lowest BCUT2D eigenvalue weighted by atomic mass is 10.1. The quantitative estimate of drug-likeness (QED) is 0.393. The molecule has 0 spiro atoms. The van der Waals surface area contributed by atoms with Crippen molar-refractivity contribution in [3.8, 4) is 22.8 Å². The van der Waals surface area contributed by atoms with Gasteiger partial charge in [0, 0.05) is 11.1 Å². The van der Waals surface area contributed by atoms with Crippen molar-refractivity contribution in [2.45, 2.75) is 31.2 Å². The number of nitrogens with zero attached hydrogens (tertiary/aromatic N) is 5. The van der Waals surface area contributed by atoms with Gasteiger partial charge < -0.3 is 10.4 Å². The average molecular weight is 392 g/mol. The van der Waals surface area contributed by atoms with Crippen molar-refractivity contribution >= 4 is 11.8 Å². The second-order valence-electron chi connectivity index (χ2n) is 6.34. The molecule has 8 heteroatoms. The van der Waals surface area contributed by atoms with E-state index in [-0.39, 0.29) is 0 Å². The minimum Gasteiger partial charge on any atom is -0.338 e. The van der Waals surface area contributed by atoms with Gasteiger partial charge in [-0.15, -0.1) is 10.2 Å². The Hall–Kier alpha value is -3.13. The zero-order valence-corrected chi connectivity index (χ0v) is 16.5. The number of hydrogen-bond acceptors (Lipinski definition) is 7. The standard InChI is InChI=1S/C20H20N6OS/c1-3-14-8-10-15(11-9-14)18-22-17(27-25-18)12-28-20-24-23-19(26(20)21)16-7-5-4-6-13(16)2/h4-11H,3,12,21H2,1-2H3. The maximum atomic E-state index is 6.20. The molecule has 0 unspecified atom stereocenters. The third-order valence-electron chi connectivity index (χ3n) is 4.46. The van der Waals surface area contributed by atoms with Gasteiger partial charge in [0.15, 0.2) is 5.82 Å². The molecule has 2 aromatic carbocycles. The van der Waals surface area contributed by atoms with Crippen LogP contribution in [0.15, 0.2) is 58.2 Å². The molecule has 4 aromatic rings. The number of aromatic nitrogens is 5. The van der Waals surface area contributed by atoms with Crippen LogP contribution in [0.4, 0.5) is 0 Å². The van der Waals surface area contributed by atoms with Crippen LogP contribution in [0.3, 0.4) is 0 Å². The van der Waals surface area contributed by atoms with Gasteiger partial charge in [-0.2, -0.15) is 4.98 Å². The highest BCUT2D eigenvalue weighted by atomic mass is 32.2. The van der Waals surface area contributed by atoms with Gasteiger partial charge in [-0.3, -0.25) is 0 Å². The van der Waals surface area contributed by atoms with Crippen LogP contribution < -0.4 is 5.84 Å². The summed E-state index contributed by atoms with van der Waals surface area (Å²) < 4.78 is 6.86. The third-order valence-corrected chi connectivity index (χ3v) is 5.39. The molecule has 0 radical (unpaired) electrons. The van der Waals surface area contributed by atoms with Crippen molar-refractivity contribution in [3.63, 3.8) is 0 Å². The number of hydrogen-bond donors (Lipinski definition) is 1. The Bertz CT molecular complexity index is 1090. The van der Waals surface area contributed by atoms with Crippen molar-refractivity contribution in [2.75, 3.05) is 5.84 Å². The highest BCUT2D eigenvalue weighted by Crippen LogP contribution is 2.26. The van der Waals surface area contributed by atoms with Crippen LogP contribution in [0.25, 0.3) is 22.8 Å². The van der Waals surface area contributed by atoms with Crippen molar-refractivity contribution in [3.05, 3.63) is 65.5 Å². The van der Waals surface area contributed by atoms with Crippen molar-refractivity contribution in [1.29, 1.82) is 0 Å². The minimum absolute atomic E-state index is 0.461. The van der Waals surface area contributed by atoms with E-state index in [0.29, 0.717) is 28.4 Å². The molecular formula is C20H20N6OS. The van der Waals surface area contributed by atoms with Gasteiger partial charge in [0.25, 0.3) is 0 Å². The van der Waals surface area contributed by atoms with Gasteiger partial charge >= 0.3 is 0 Å². The first kappa shape index (κ1) is 18.2. The lowest BCUT2D eigenvalue weighted by Crippen LogP contribution is -2.12. The second-order valence-corrected chi connectivity index (χ2v) is 7.28. The molecule has 0 amide bonds. The molecule has 7 nitrogen and oxygen atoms in total. The number of nitrogen functional groups attached to an aromatic ring is 1. The van der Waals surface area contributed by atoms with Gasteiger partial charge in [0.2, 0.25) is 16.9 Å². The first-order chi connectivity index (χ1) is 13.7. The van der Waals surface area contributed by atoms with Crippen LogP contribution in [0.2, 0.25) is 0 Å². The SMILES string of the molecule is CCc1ccc(-c2noc(CSc3nnc(-c4ccccc4C)n3N)n2)cc1. The van der Waals surface area contributed by atoms with Gasteiger partial charge in [0.1, 0.15) is 0 Å². The highest BCUT2D eigenvalue weighted by Gasteiger charge is 2.15. The van der Waals surface area contributed by atoms with E-state index in [1.807, 2.05) is 43.3 Å². The Kier molecular flexibility index (Phi) is 5.12. The summed E-state index contributed by atoms with van der Waals surface area (Å²) in [5, 5.41) is 13.1. The molecule has 2 N–H and O–H groups in total. The van der Waals surface area contributed by atoms with Gasteiger partial charge in [-0.05, 0) is 24.5 Å². The Morgan fingerprint density at radius 2 is 1.86 bits per heavy atom. The van der Waals surface area contributed by atoms with Crippen LogP contribution in [0.5, 0.6) is 0 Å². The van der Waals surface area contributed by atoms with Gasteiger partial charge in [-0.25, -0.2) is 4.68 Å². The summed E-state index contributed by atoms with van der Waals surface area (Å²) in [5.41, 5.74) is 4.25. The lowest BCUT2D eigenvalue weighted by Gasteiger charge is -2.05. The fourth-order valence-electron chi connectivity index (χ4n) is 2.83. The van der Waals surface area contributed by atoms with E-state index in [1.165, 1.54) is 22.0 Å². The molecule has 0 atom stereocenters. The molecule has 142 valence electrons. The van der Waals surface area contributed by atoms with E-state index in [2.05, 4.69) is 39.4 Å². The van der Waals surface area contributed by atoms with E-state index in [0.717, 1.165) is 23.1 Å². The zero-order chi connectivity index (χ0) is 19.5. The van der Waals surface area contributed by atoms with Crippen LogP contribution in [-0.2, 0) is 12.2 Å². The van der Waals surface area contributed by atoms with Crippen molar-refractivity contribution < 1.29 is 4.52 Å². The van der Waals surface area contributed by atoms with Crippen LogP contribution in [0, 0.1) is 6.92 Å². The fraction of sp³-hybridized carbons (Fsp3) is 0.200. The summed E-state index contributed by atoms with van der Waals surface area (Å²) in [6.07, 6.45) is 0.999. The normalized spacial score (nSPS) is 11.1. The average Bonchev–Trinajstić information content (AvgIpc) is 3.34. The van der Waals surface area contributed by atoms with E-state index in [9.17, 15) is 0 Å². The highest BCUT2D eigenvalue weighted by molar-refractivity contribution is 7.98. The summed E-state index contributed by atoms with van der Waals surface area (Å²) >= 11 is 1.40. The Balaban J connectivity index is 1.47.